The van der Waals surface area contributed by atoms with Crippen molar-refractivity contribution in [2.24, 2.45) is 5.73 Å². The number of fused-ring (bicyclic) bond motifs is 1. The van der Waals surface area contributed by atoms with Gasteiger partial charge in [0.15, 0.2) is 5.16 Å². The second-order valence-corrected chi connectivity index (χ2v) is 5.44. The number of nitrogens with one attached hydrogen (secondary N) is 1. The molecule has 0 spiro atoms. The molecular weight excluding hydrogens is 270 g/mol. The van der Waals surface area contributed by atoms with Gasteiger partial charge in [0.05, 0.1) is 18.1 Å². The van der Waals surface area contributed by atoms with Crippen LogP contribution in [0.3, 0.4) is 0 Å². The lowest BCUT2D eigenvalue weighted by Crippen LogP contribution is -1.95. The van der Waals surface area contributed by atoms with Crippen LogP contribution in [-0.4, -0.2) is 17.1 Å². The van der Waals surface area contributed by atoms with Crippen LogP contribution in [0, 0.1) is 0 Å². The first-order chi connectivity index (χ1) is 9.78. The predicted octanol–water partition coefficient (Wildman–Crippen LogP) is 3.18. The van der Waals surface area contributed by atoms with Crippen molar-refractivity contribution in [2.45, 2.75) is 16.6 Å². The first-order valence-electron chi connectivity index (χ1n) is 6.29. The largest absolute Gasteiger partial charge is 0.497 e. The van der Waals surface area contributed by atoms with Crippen LogP contribution in [-0.2, 0) is 6.54 Å². The van der Waals surface area contributed by atoms with E-state index in [1.54, 1.807) is 18.9 Å². The molecule has 0 aliphatic heterocycles. The number of aromatic amines is 1. The Bertz CT molecular complexity index is 739. The molecule has 3 N–H and O–H groups in total. The van der Waals surface area contributed by atoms with Gasteiger partial charge < -0.3 is 15.5 Å². The molecule has 0 saturated carbocycles. The molecule has 0 atom stereocenters. The maximum atomic E-state index is 5.66. The molecule has 1 heterocycles. The summed E-state index contributed by atoms with van der Waals surface area (Å²) in [4.78, 5) is 8.98. The van der Waals surface area contributed by atoms with Crippen LogP contribution in [0.4, 0.5) is 0 Å². The minimum absolute atomic E-state index is 0.547. The summed E-state index contributed by atoms with van der Waals surface area (Å²) in [6.07, 6.45) is 0. The van der Waals surface area contributed by atoms with Gasteiger partial charge in [0.1, 0.15) is 5.75 Å². The van der Waals surface area contributed by atoms with E-state index in [9.17, 15) is 0 Å². The van der Waals surface area contributed by atoms with Crippen LogP contribution in [0.2, 0.25) is 0 Å². The highest BCUT2D eigenvalue weighted by molar-refractivity contribution is 7.99. The third kappa shape index (κ3) is 2.64. The van der Waals surface area contributed by atoms with E-state index < -0.39 is 0 Å². The summed E-state index contributed by atoms with van der Waals surface area (Å²) in [6, 6.07) is 14.0. The molecule has 0 radical (unpaired) electrons. The maximum Gasteiger partial charge on any atom is 0.171 e. The number of hydrogen-bond donors (Lipinski definition) is 2. The van der Waals surface area contributed by atoms with Gasteiger partial charge in [0.25, 0.3) is 0 Å². The van der Waals surface area contributed by atoms with Gasteiger partial charge >= 0.3 is 0 Å². The first kappa shape index (κ1) is 13.0. The molecule has 0 fully saturated rings. The Morgan fingerprint density at radius 2 is 2.15 bits per heavy atom. The molecule has 3 aromatic rings. The highest BCUT2D eigenvalue weighted by atomic mass is 32.2. The van der Waals surface area contributed by atoms with Gasteiger partial charge in [0.2, 0.25) is 0 Å². The molecule has 3 rings (SSSR count). The molecule has 20 heavy (non-hydrogen) atoms. The number of benzene rings is 2. The molecule has 1 aromatic heterocycles. The van der Waals surface area contributed by atoms with Crippen LogP contribution in [0.25, 0.3) is 11.0 Å². The van der Waals surface area contributed by atoms with Crippen LogP contribution < -0.4 is 10.5 Å². The molecule has 4 nitrogen and oxygen atoms in total. The minimum Gasteiger partial charge on any atom is -0.497 e. The number of H-pyrrole nitrogens is 1. The second kappa shape index (κ2) is 5.56. The van der Waals surface area contributed by atoms with Crippen molar-refractivity contribution in [1.29, 1.82) is 0 Å². The molecule has 0 aliphatic carbocycles. The smallest absolute Gasteiger partial charge is 0.171 e. The van der Waals surface area contributed by atoms with Gasteiger partial charge in [-0.15, -0.1) is 0 Å². The summed E-state index contributed by atoms with van der Waals surface area (Å²) in [5.41, 5.74) is 8.68. The first-order valence-corrected chi connectivity index (χ1v) is 7.11. The Hall–Kier alpha value is -1.98. The standard InChI is InChI=1S/C15H15N3OS/c1-19-11-5-6-13-14(8-11)18-15(17-13)20-12-4-2-3-10(7-12)9-16/h2-8H,9,16H2,1H3,(H,17,18). The Balaban J connectivity index is 1.90. The van der Waals surface area contributed by atoms with Crippen molar-refractivity contribution in [3.63, 3.8) is 0 Å². The Labute approximate surface area is 121 Å². The zero-order valence-electron chi connectivity index (χ0n) is 11.1. The van der Waals surface area contributed by atoms with Crippen LogP contribution in [0.1, 0.15) is 5.56 Å². The van der Waals surface area contributed by atoms with Gasteiger partial charge in [-0.2, -0.15) is 0 Å². The Kier molecular flexibility index (Phi) is 3.62. The number of ether oxygens (including phenoxy) is 1. The molecule has 0 saturated heterocycles. The normalized spacial score (nSPS) is 10.9. The van der Waals surface area contributed by atoms with Gasteiger partial charge in [-0.25, -0.2) is 4.98 Å². The van der Waals surface area contributed by atoms with E-state index in [-0.39, 0.29) is 0 Å². The Morgan fingerprint density at radius 3 is 2.95 bits per heavy atom. The highest BCUT2D eigenvalue weighted by Crippen LogP contribution is 2.28. The summed E-state index contributed by atoms with van der Waals surface area (Å²) in [5.74, 6) is 0.822. The number of imidazole rings is 1. The van der Waals surface area contributed by atoms with E-state index in [0.717, 1.165) is 32.4 Å². The molecule has 102 valence electrons. The number of nitrogens with zero attached hydrogens (tertiary/aromatic N) is 1. The number of hydrogen-bond acceptors (Lipinski definition) is 4. The van der Waals surface area contributed by atoms with E-state index in [4.69, 9.17) is 10.5 Å². The number of aromatic nitrogens is 2. The summed E-state index contributed by atoms with van der Waals surface area (Å²) in [5, 5.41) is 0.863. The van der Waals surface area contributed by atoms with Crippen molar-refractivity contribution >= 4 is 22.8 Å². The van der Waals surface area contributed by atoms with E-state index >= 15 is 0 Å². The van der Waals surface area contributed by atoms with Crippen molar-refractivity contribution < 1.29 is 4.74 Å². The van der Waals surface area contributed by atoms with Gasteiger partial charge in [-0.05, 0) is 29.8 Å². The fraction of sp³-hybridized carbons (Fsp3) is 0.133. The lowest BCUT2D eigenvalue weighted by atomic mass is 10.2. The van der Waals surface area contributed by atoms with Gasteiger partial charge in [0, 0.05) is 17.5 Å². The molecular formula is C15H15N3OS. The molecule has 2 aromatic carbocycles. The van der Waals surface area contributed by atoms with Crippen LogP contribution >= 0.6 is 11.8 Å². The Morgan fingerprint density at radius 1 is 1.25 bits per heavy atom. The quantitative estimate of drug-likeness (QED) is 0.772. The maximum absolute atomic E-state index is 5.66. The van der Waals surface area contributed by atoms with Gasteiger partial charge in [-0.3, -0.25) is 0 Å². The van der Waals surface area contributed by atoms with Crippen molar-refractivity contribution in [1.82, 2.24) is 9.97 Å². The van der Waals surface area contributed by atoms with Crippen LogP contribution in [0.5, 0.6) is 5.75 Å². The predicted molar refractivity (Wildman–Crippen MR) is 81.1 cm³/mol. The van der Waals surface area contributed by atoms with Crippen molar-refractivity contribution in [3.05, 3.63) is 48.0 Å². The topological polar surface area (TPSA) is 63.9 Å². The zero-order valence-corrected chi connectivity index (χ0v) is 11.9. The van der Waals surface area contributed by atoms with Crippen molar-refractivity contribution in [3.8, 4) is 5.75 Å². The average Bonchev–Trinajstić information content (AvgIpc) is 2.88. The lowest BCUT2D eigenvalue weighted by Gasteiger charge is -2.00. The summed E-state index contributed by atoms with van der Waals surface area (Å²) < 4.78 is 5.21. The molecule has 0 amide bonds. The monoisotopic (exact) mass is 285 g/mol. The second-order valence-electron chi connectivity index (χ2n) is 4.38. The number of nitrogens with two attached hydrogens (primary N) is 1. The number of methoxy groups -OCH3 is 1. The molecule has 5 heteroatoms. The minimum atomic E-state index is 0.547. The third-order valence-corrected chi connectivity index (χ3v) is 3.89. The third-order valence-electron chi connectivity index (χ3n) is 3.02. The summed E-state index contributed by atoms with van der Waals surface area (Å²) >= 11 is 1.59. The number of rotatable bonds is 4. The fourth-order valence-corrected chi connectivity index (χ4v) is 2.87. The van der Waals surface area contributed by atoms with E-state index in [1.165, 1.54) is 0 Å². The lowest BCUT2D eigenvalue weighted by molar-refractivity contribution is 0.415. The van der Waals surface area contributed by atoms with Gasteiger partial charge in [-0.1, -0.05) is 23.9 Å². The van der Waals surface area contributed by atoms with Crippen LogP contribution in [0.15, 0.2) is 52.5 Å². The summed E-state index contributed by atoms with van der Waals surface area (Å²) in [7, 11) is 1.66. The molecule has 0 bridgehead atoms. The summed E-state index contributed by atoms with van der Waals surface area (Å²) in [6.45, 7) is 0.547. The van der Waals surface area contributed by atoms with Crippen molar-refractivity contribution in [2.75, 3.05) is 7.11 Å². The molecule has 0 unspecified atom stereocenters. The van der Waals surface area contributed by atoms with E-state index in [2.05, 4.69) is 22.1 Å². The zero-order chi connectivity index (χ0) is 13.9. The van der Waals surface area contributed by atoms with E-state index in [0.29, 0.717) is 6.54 Å². The average molecular weight is 285 g/mol. The van der Waals surface area contributed by atoms with E-state index in [1.807, 2.05) is 30.3 Å². The molecule has 0 aliphatic rings. The fourth-order valence-electron chi connectivity index (χ4n) is 1.99. The highest BCUT2D eigenvalue weighted by Gasteiger charge is 2.06. The SMILES string of the molecule is COc1ccc2nc(Sc3cccc(CN)c3)[nH]c2c1.